The Morgan fingerprint density at radius 1 is 1.21 bits per heavy atom. The lowest BCUT2D eigenvalue weighted by atomic mass is 10.1. The second kappa shape index (κ2) is 8.82. The summed E-state index contributed by atoms with van der Waals surface area (Å²) in [5, 5.41) is 2.56. The van der Waals surface area contributed by atoms with Crippen molar-refractivity contribution < 1.29 is 18.7 Å². The Labute approximate surface area is 193 Å². The molecule has 1 aliphatic heterocycles. The zero-order valence-electron chi connectivity index (χ0n) is 14.5. The van der Waals surface area contributed by atoms with Crippen LogP contribution < -0.4 is 10.1 Å². The number of carbonyl (C=O) groups is 2. The van der Waals surface area contributed by atoms with Crippen LogP contribution in [0.25, 0.3) is 6.08 Å². The van der Waals surface area contributed by atoms with Crippen LogP contribution in [0.15, 0.2) is 42.0 Å². The average molecular weight is 622 g/mol. The highest BCUT2D eigenvalue weighted by Gasteiger charge is 2.30. The molecule has 2 aromatic rings. The summed E-state index contributed by atoms with van der Waals surface area (Å²) in [6.45, 7) is 0.0994. The number of benzene rings is 2. The zero-order chi connectivity index (χ0) is 20.4. The van der Waals surface area contributed by atoms with E-state index in [0.717, 1.165) is 7.14 Å². The molecule has 2 aromatic carbocycles. The Morgan fingerprint density at radius 2 is 1.86 bits per heavy atom. The molecular weight excluding hydrogens is 609 g/mol. The van der Waals surface area contributed by atoms with E-state index in [-0.39, 0.29) is 23.1 Å². The Kier molecular flexibility index (Phi) is 6.65. The maximum Gasteiger partial charge on any atom is 0.265 e. The molecule has 1 saturated heterocycles. The summed E-state index contributed by atoms with van der Waals surface area (Å²) >= 11 is 9.15. The van der Waals surface area contributed by atoms with Crippen LogP contribution in [0, 0.1) is 13.0 Å². The fraction of sp³-hybridized carbons (Fsp3) is 0.105. The summed E-state index contributed by atoms with van der Waals surface area (Å²) < 4.78 is 21.1. The average Bonchev–Trinajstić information content (AvgIpc) is 2.64. The minimum absolute atomic E-state index is 0.00252. The number of hydrogen-bond donors (Lipinski definition) is 1. The van der Waals surface area contributed by atoms with Crippen LogP contribution in [0.5, 0.6) is 5.75 Å². The molecule has 0 bridgehead atoms. The molecule has 144 valence electrons. The second-order valence-corrected chi connectivity index (χ2v) is 8.59. The van der Waals surface area contributed by atoms with Crippen molar-refractivity contribution >= 4 is 80.4 Å². The number of amides is 2. The molecule has 9 heteroatoms. The molecule has 0 atom stereocenters. The van der Waals surface area contributed by atoms with Crippen LogP contribution in [0.1, 0.15) is 11.1 Å². The first-order valence-corrected chi connectivity index (χ1v) is 10.5. The molecule has 5 nitrogen and oxygen atoms in total. The summed E-state index contributed by atoms with van der Waals surface area (Å²) in [4.78, 5) is 25.7. The lowest BCUT2D eigenvalue weighted by Crippen LogP contribution is -2.52. The Morgan fingerprint density at radius 3 is 2.50 bits per heavy atom. The topological polar surface area (TPSA) is 58.6 Å². The van der Waals surface area contributed by atoms with Crippen LogP contribution in [-0.4, -0.2) is 28.9 Å². The van der Waals surface area contributed by atoms with Crippen LogP contribution in [-0.2, 0) is 16.2 Å². The molecule has 0 aromatic heterocycles. The summed E-state index contributed by atoms with van der Waals surface area (Å²) in [5.74, 6) is -0.696. The van der Waals surface area contributed by atoms with Gasteiger partial charge in [-0.3, -0.25) is 19.8 Å². The van der Waals surface area contributed by atoms with Gasteiger partial charge < -0.3 is 4.74 Å². The van der Waals surface area contributed by atoms with Gasteiger partial charge in [-0.05, 0) is 87.2 Å². The number of nitrogens with one attached hydrogen (secondary N) is 1. The summed E-state index contributed by atoms with van der Waals surface area (Å²) in [7, 11) is 1.51. The van der Waals surface area contributed by atoms with Crippen molar-refractivity contribution in [3.8, 4) is 5.75 Å². The molecule has 0 saturated carbocycles. The molecule has 0 aliphatic carbocycles. The molecule has 2 amide bonds. The number of nitrogens with zero attached hydrogens (tertiary/aromatic N) is 1. The lowest BCUT2D eigenvalue weighted by Gasteiger charge is -2.25. The van der Waals surface area contributed by atoms with Crippen molar-refractivity contribution in [2.24, 2.45) is 0 Å². The van der Waals surface area contributed by atoms with Crippen LogP contribution in [0.3, 0.4) is 0 Å². The molecule has 28 heavy (non-hydrogen) atoms. The van der Waals surface area contributed by atoms with E-state index in [1.807, 2.05) is 0 Å². The normalized spacial score (nSPS) is 15.8. The minimum atomic E-state index is -0.530. The predicted molar refractivity (Wildman–Crippen MR) is 124 cm³/mol. The number of hydrogen-bond acceptors (Lipinski definition) is 4. The van der Waals surface area contributed by atoms with Crippen molar-refractivity contribution in [3.63, 3.8) is 0 Å². The third-order valence-corrected chi connectivity index (χ3v) is 5.94. The number of likely N-dealkylation sites (N-methyl/N-ethyl adjacent to an activating group) is 1. The summed E-state index contributed by atoms with van der Waals surface area (Å²) in [6, 6.07) is 10.0. The Bertz CT molecular complexity index is 1000. The summed E-state index contributed by atoms with van der Waals surface area (Å²) in [6.07, 6.45) is 1.51. The van der Waals surface area contributed by atoms with E-state index in [0.29, 0.717) is 16.9 Å². The molecule has 1 aliphatic rings. The van der Waals surface area contributed by atoms with Gasteiger partial charge in [0.2, 0.25) is 0 Å². The Balaban J connectivity index is 1.86. The van der Waals surface area contributed by atoms with E-state index in [9.17, 15) is 14.0 Å². The lowest BCUT2D eigenvalue weighted by molar-refractivity contribution is -0.128. The highest BCUT2D eigenvalue weighted by molar-refractivity contribution is 14.1. The van der Waals surface area contributed by atoms with Gasteiger partial charge in [0.05, 0.1) is 7.14 Å². The third kappa shape index (κ3) is 4.51. The minimum Gasteiger partial charge on any atom is -0.487 e. The molecule has 3 rings (SSSR count). The number of ether oxygens (including phenoxy) is 1. The monoisotopic (exact) mass is 622 g/mol. The summed E-state index contributed by atoms with van der Waals surface area (Å²) in [5.41, 5.74) is 1.14. The van der Waals surface area contributed by atoms with Gasteiger partial charge in [0, 0.05) is 12.6 Å². The molecule has 1 heterocycles. The maximum atomic E-state index is 13.8. The van der Waals surface area contributed by atoms with Gasteiger partial charge in [0.15, 0.2) is 5.11 Å². The van der Waals surface area contributed by atoms with E-state index in [2.05, 4.69) is 50.5 Å². The van der Waals surface area contributed by atoms with Gasteiger partial charge >= 0.3 is 0 Å². The van der Waals surface area contributed by atoms with Crippen molar-refractivity contribution in [1.82, 2.24) is 10.2 Å². The fourth-order valence-electron chi connectivity index (χ4n) is 2.48. The van der Waals surface area contributed by atoms with Gasteiger partial charge in [-0.2, -0.15) is 0 Å². The van der Waals surface area contributed by atoms with E-state index in [1.165, 1.54) is 24.1 Å². The molecule has 0 radical (unpaired) electrons. The van der Waals surface area contributed by atoms with E-state index >= 15 is 0 Å². The van der Waals surface area contributed by atoms with Crippen molar-refractivity contribution in [2.75, 3.05) is 7.05 Å². The van der Waals surface area contributed by atoms with Crippen LogP contribution in [0.4, 0.5) is 4.39 Å². The number of halogens is 3. The van der Waals surface area contributed by atoms with Gasteiger partial charge in [-0.15, -0.1) is 0 Å². The second-order valence-electron chi connectivity index (χ2n) is 5.88. The number of rotatable bonds is 4. The highest BCUT2D eigenvalue weighted by Crippen LogP contribution is 2.31. The zero-order valence-corrected chi connectivity index (χ0v) is 19.6. The van der Waals surface area contributed by atoms with Gasteiger partial charge in [0.1, 0.15) is 23.7 Å². The molecule has 1 N–H and O–H groups in total. The Hall–Kier alpha value is -1.60. The molecule has 0 unspecified atom stereocenters. The number of thiocarbonyl (C=S) groups is 1. The van der Waals surface area contributed by atoms with Crippen molar-refractivity contribution in [2.45, 2.75) is 6.61 Å². The van der Waals surface area contributed by atoms with Crippen molar-refractivity contribution in [1.29, 1.82) is 0 Å². The SMILES string of the molecule is CN1C(=O)/C(=C/c2cc(I)c(OCc3ccccc3F)c(I)c2)C(=O)NC1=S. The van der Waals surface area contributed by atoms with Gasteiger partial charge in [-0.25, -0.2) is 4.39 Å². The smallest absolute Gasteiger partial charge is 0.265 e. The molecular formula is C19H13FI2N2O3S. The first kappa shape index (κ1) is 21.1. The standard InChI is InChI=1S/C19H13FI2N2O3S/c1-24-18(26)12(17(25)23-19(24)28)6-10-7-14(21)16(15(22)8-10)27-9-11-4-2-3-5-13(11)20/h2-8H,9H2,1H3,(H,23,25,28)/b12-6+. The van der Waals surface area contributed by atoms with Gasteiger partial charge in [-0.1, -0.05) is 18.2 Å². The fourth-order valence-corrected chi connectivity index (χ4v) is 4.78. The van der Waals surface area contributed by atoms with E-state index in [1.54, 1.807) is 30.3 Å². The van der Waals surface area contributed by atoms with E-state index in [4.69, 9.17) is 17.0 Å². The first-order chi connectivity index (χ1) is 13.3. The van der Waals surface area contributed by atoms with Crippen LogP contribution in [0.2, 0.25) is 0 Å². The predicted octanol–water partition coefficient (Wildman–Crippen LogP) is 3.87. The van der Waals surface area contributed by atoms with Crippen molar-refractivity contribution in [3.05, 3.63) is 66.1 Å². The van der Waals surface area contributed by atoms with E-state index < -0.39 is 11.8 Å². The molecule has 1 fully saturated rings. The maximum absolute atomic E-state index is 13.8. The number of carbonyl (C=O) groups excluding carboxylic acids is 2. The van der Waals surface area contributed by atoms with Gasteiger partial charge in [0.25, 0.3) is 11.8 Å². The quantitative estimate of drug-likeness (QED) is 0.244. The van der Waals surface area contributed by atoms with Crippen LogP contribution >= 0.6 is 57.4 Å². The largest absolute Gasteiger partial charge is 0.487 e. The first-order valence-electron chi connectivity index (χ1n) is 7.98. The highest BCUT2D eigenvalue weighted by atomic mass is 127. The third-order valence-electron chi connectivity index (χ3n) is 3.97. The molecule has 0 spiro atoms.